The van der Waals surface area contributed by atoms with Gasteiger partial charge >= 0.3 is 0 Å². The van der Waals surface area contributed by atoms with E-state index in [4.69, 9.17) is 4.74 Å². The summed E-state index contributed by atoms with van der Waals surface area (Å²) in [5, 5.41) is 8.18. The van der Waals surface area contributed by atoms with Gasteiger partial charge < -0.3 is 9.64 Å². The molecule has 0 saturated carbocycles. The number of aromatic nitrogens is 2. The molecule has 0 amide bonds. The summed E-state index contributed by atoms with van der Waals surface area (Å²) in [6, 6.07) is 8.43. The van der Waals surface area contributed by atoms with E-state index in [-0.39, 0.29) is 16.5 Å². The molecule has 1 fully saturated rings. The van der Waals surface area contributed by atoms with E-state index < -0.39 is 10.0 Å². The number of hydrogen-bond acceptors (Lipinski definition) is 6. The third-order valence-electron chi connectivity index (χ3n) is 4.18. The molecule has 1 saturated heterocycles. The molecular weight excluding hydrogens is 340 g/mol. The lowest BCUT2D eigenvalue weighted by molar-refractivity contribution is 0.402. The fourth-order valence-electron chi connectivity index (χ4n) is 2.86. The summed E-state index contributed by atoms with van der Waals surface area (Å²) in [6.07, 6.45) is 3.52. The highest BCUT2D eigenvalue weighted by Gasteiger charge is 2.21. The molecule has 0 bridgehead atoms. The maximum Gasteiger partial charge on any atom is 0.266 e. The van der Waals surface area contributed by atoms with Crippen LogP contribution in [0.25, 0.3) is 0 Å². The van der Waals surface area contributed by atoms with Gasteiger partial charge in [0, 0.05) is 13.1 Å². The van der Waals surface area contributed by atoms with Gasteiger partial charge in [-0.05, 0) is 56.0 Å². The third-order valence-corrected chi connectivity index (χ3v) is 5.55. The number of methoxy groups -OCH3 is 1. The van der Waals surface area contributed by atoms with E-state index in [1.54, 1.807) is 30.3 Å². The molecule has 1 aromatic heterocycles. The second kappa shape index (κ2) is 7.26. The van der Waals surface area contributed by atoms with Crippen molar-refractivity contribution in [3.05, 3.63) is 35.9 Å². The Balaban J connectivity index is 1.80. The summed E-state index contributed by atoms with van der Waals surface area (Å²) >= 11 is 0. The van der Waals surface area contributed by atoms with Crippen LogP contribution in [0, 0.1) is 6.92 Å². The summed E-state index contributed by atoms with van der Waals surface area (Å²) in [5.41, 5.74) is 0.827. The van der Waals surface area contributed by atoms with E-state index in [0.717, 1.165) is 37.3 Å². The fraction of sp³-hybridized carbons (Fsp3) is 0.412. The number of hydrogen-bond donors (Lipinski definition) is 1. The van der Waals surface area contributed by atoms with Gasteiger partial charge in [0.15, 0.2) is 11.6 Å². The molecule has 1 aliphatic rings. The van der Waals surface area contributed by atoms with Gasteiger partial charge in [0.2, 0.25) is 0 Å². The minimum Gasteiger partial charge on any atom is -0.495 e. The zero-order valence-electron chi connectivity index (χ0n) is 14.4. The number of ether oxygens (including phenoxy) is 1. The number of anilines is 2. The van der Waals surface area contributed by atoms with Crippen LogP contribution in [-0.4, -0.2) is 38.8 Å². The van der Waals surface area contributed by atoms with Crippen molar-refractivity contribution in [1.29, 1.82) is 0 Å². The van der Waals surface area contributed by atoms with Crippen molar-refractivity contribution in [2.45, 2.75) is 31.1 Å². The van der Waals surface area contributed by atoms with Crippen LogP contribution in [0.2, 0.25) is 0 Å². The molecule has 2 heterocycles. The molecule has 134 valence electrons. The number of piperidine rings is 1. The van der Waals surface area contributed by atoms with Gasteiger partial charge in [0.1, 0.15) is 10.6 Å². The molecule has 7 nitrogen and oxygen atoms in total. The van der Waals surface area contributed by atoms with Gasteiger partial charge in [0.05, 0.1) is 7.11 Å². The van der Waals surface area contributed by atoms with Crippen molar-refractivity contribution in [1.82, 2.24) is 10.2 Å². The molecule has 3 rings (SSSR count). The van der Waals surface area contributed by atoms with Crippen LogP contribution in [0.4, 0.5) is 11.6 Å². The molecule has 8 heteroatoms. The Morgan fingerprint density at radius 2 is 1.84 bits per heavy atom. The van der Waals surface area contributed by atoms with Crippen LogP contribution >= 0.6 is 0 Å². The summed E-state index contributed by atoms with van der Waals surface area (Å²) in [4.78, 5) is 2.25. The van der Waals surface area contributed by atoms with E-state index in [1.165, 1.54) is 13.5 Å². The maximum atomic E-state index is 12.7. The maximum absolute atomic E-state index is 12.7. The highest BCUT2D eigenvalue weighted by atomic mass is 32.2. The second-order valence-corrected chi connectivity index (χ2v) is 7.74. The molecule has 0 aliphatic carbocycles. The molecule has 1 N–H and O–H groups in total. The van der Waals surface area contributed by atoms with Gasteiger partial charge in [-0.2, -0.15) is 0 Å². The Hall–Kier alpha value is -2.35. The minimum atomic E-state index is -3.81. The number of benzene rings is 1. The molecule has 25 heavy (non-hydrogen) atoms. The SMILES string of the molecule is COc1ccc(C)cc1S(=O)(=O)Nc1ccc(N2CCCCC2)nn1. The molecule has 0 atom stereocenters. The van der Waals surface area contributed by atoms with E-state index in [9.17, 15) is 8.42 Å². The molecular formula is C17H22N4O3S. The first kappa shape index (κ1) is 17.5. The summed E-state index contributed by atoms with van der Waals surface area (Å²) in [7, 11) is -2.37. The number of aryl methyl sites for hydroxylation is 1. The molecule has 0 radical (unpaired) electrons. The van der Waals surface area contributed by atoms with Crippen molar-refractivity contribution in [2.24, 2.45) is 0 Å². The van der Waals surface area contributed by atoms with Crippen molar-refractivity contribution >= 4 is 21.7 Å². The second-order valence-electron chi connectivity index (χ2n) is 6.08. The zero-order valence-corrected chi connectivity index (χ0v) is 15.2. The number of sulfonamides is 1. The third kappa shape index (κ3) is 4.01. The first-order valence-corrected chi connectivity index (χ1v) is 9.74. The van der Waals surface area contributed by atoms with Crippen molar-refractivity contribution in [3.8, 4) is 5.75 Å². The van der Waals surface area contributed by atoms with E-state index in [2.05, 4.69) is 19.8 Å². The summed E-state index contributed by atoms with van der Waals surface area (Å²) < 4.78 is 32.9. The van der Waals surface area contributed by atoms with Crippen LogP contribution in [0.1, 0.15) is 24.8 Å². The average Bonchev–Trinajstić information content (AvgIpc) is 2.63. The predicted molar refractivity (Wildman–Crippen MR) is 96.6 cm³/mol. The van der Waals surface area contributed by atoms with E-state index in [1.807, 2.05) is 6.92 Å². The van der Waals surface area contributed by atoms with E-state index in [0.29, 0.717) is 0 Å². The normalized spacial score (nSPS) is 15.0. The smallest absolute Gasteiger partial charge is 0.266 e. The van der Waals surface area contributed by atoms with Crippen LogP contribution in [0.5, 0.6) is 5.75 Å². The highest BCUT2D eigenvalue weighted by molar-refractivity contribution is 7.92. The van der Waals surface area contributed by atoms with Gasteiger partial charge in [-0.1, -0.05) is 6.07 Å². The minimum absolute atomic E-state index is 0.0805. The standard InChI is InChI=1S/C17H22N4O3S/c1-13-6-7-14(24-2)15(12-13)25(22,23)20-16-8-9-17(19-18-16)21-10-4-3-5-11-21/h6-9,12H,3-5,10-11H2,1-2H3,(H,18,20). The molecule has 1 aliphatic heterocycles. The molecule has 0 unspecified atom stereocenters. The number of nitrogens with one attached hydrogen (secondary N) is 1. The lowest BCUT2D eigenvalue weighted by Gasteiger charge is -2.27. The Morgan fingerprint density at radius 1 is 1.08 bits per heavy atom. The summed E-state index contributed by atoms with van der Waals surface area (Å²) in [5.74, 6) is 1.25. The van der Waals surface area contributed by atoms with Crippen LogP contribution < -0.4 is 14.4 Å². The van der Waals surface area contributed by atoms with Crippen molar-refractivity contribution in [3.63, 3.8) is 0 Å². The van der Waals surface area contributed by atoms with E-state index >= 15 is 0 Å². The summed E-state index contributed by atoms with van der Waals surface area (Å²) in [6.45, 7) is 3.74. The van der Waals surface area contributed by atoms with Gasteiger partial charge in [-0.25, -0.2) is 8.42 Å². The van der Waals surface area contributed by atoms with Crippen LogP contribution in [0.15, 0.2) is 35.2 Å². The lowest BCUT2D eigenvalue weighted by atomic mass is 10.1. The van der Waals surface area contributed by atoms with Gasteiger partial charge in [-0.15, -0.1) is 10.2 Å². The number of rotatable bonds is 5. The van der Waals surface area contributed by atoms with Crippen LogP contribution in [-0.2, 0) is 10.0 Å². The Morgan fingerprint density at radius 3 is 2.48 bits per heavy atom. The zero-order chi connectivity index (χ0) is 17.9. The topological polar surface area (TPSA) is 84.4 Å². The average molecular weight is 362 g/mol. The lowest BCUT2D eigenvalue weighted by Crippen LogP contribution is -2.30. The van der Waals surface area contributed by atoms with Crippen molar-refractivity contribution in [2.75, 3.05) is 29.8 Å². The van der Waals surface area contributed by atoms with Crippen LogP contribution in [0.3, 0.4) is 0 Å². The van der Waals surface area contributed by atoms with Gasteiger partial charge in [-0.3, -0.25) is 4.72 Å². The molecule has 1 aromatic carbocycles. The monoisotopic (exact) mass is 362 g/mol. The number of nitrogens with zero attached hydrogens (tertiary/aromatic N) is 3. The Kier molecular flexibility index (Phi) is 5.08. The fourth-order valence-corrected chi connectivity index (χ4v) is 4.11. The van der Waals surface area contributed by atoms with Gasteiger partial charge in [0.25, 0.3) is 10.0 Å². The van der Waals surface area contributed by atoms with Crippen molar-refractivity contribution < 1.29 is 13.2 Å². The first-order valence-electron chi connectivity index (χ1n) is 8.26. The molecule has 2 aromatic rings. The first-order chi connectivity index (χ1) is 12.0. The predicted octanol–water partition coefficient (Wildman–Crippen LogP) is 2.58. The Labute approximate surface area is 148 Å². The Bertz CT molecular complexity index is 831. The largest absolute Gasteiger partial charge is 0.495 e. The quantitative estimate of drug-likeness (QED) is 0.880. The molecule has 0 spiro atoms. The highest BCUT2D eigenvalue weighted by Crippen LogP contribution is 2.26.